The van der Waals surface area contributed by atoms with Crippen molar-refractivity contribution in [2.45, 2.75) is 6.92 Å². The van der Waals surface area contributed by atoms with Gasteiger partial charge in [-0.3, -0.25) is 9.59 Å². The molecule has 0 unspecified atom stereocenters. The summed E-state index contributed by atoms with van der Waals surface area (Å²) in [5.74, 6) is -0.0222. The third kappa shape index (κ3) is 3.60. The molecule has 0 aromatic heterocycles. The van der Waals surface area contributed by atoms with Crippen molar-refractivity contribution in [1.82, 2.24) is 0 Å². The molecule has 2 amide bonds. The Morgan fingerprint density at radius 3 is 2.56 bits per heavy atom. The number of hydrogen-bond donors (Lipinski definition) is 1. The predicted octanol–water partition coefficient (Wildman–Crippen LogP) is 3.67. The minimum absolute atomic E-state index is 0.102. The topological polar surface area (TPSA) is 66.8 Å². The van der Waals surface area contributed by atoms with Crippen LogP contribution in [0.2, 0.25) is 5.02 Å². The smallest absolute Gasteiger partial charge is 0.272 e. The lowest BCUT2D eigenvalue weighted by Crippen LogP contribution is -2.32. The average molecular weight is 404 g/mol. The van der Waals surface area contributed by atoms with Gasteiger partial charge in [-0.1, -0.05) is 29.8 Å². The molecule has 5 nitrogen and oxygen atoms in total. The number of nitrogens with zero attached hydrogens (tertiary/aromatic N) is 1. The van der Waals surface area contributed by atoms with Crippen LogP contribution in [0.4, 0.5) is 5.69 Å². The van der Waals surface area contributed by atoms with E-state index in [4.69, 9.17) is 16.3 Å². The largest absolute Gasteiger partial charge is 0.496 e. The number of benzene rings is 2. The number of aryl methyl sites for hydroxylation is 1. The highest BCUT2D eigenvalue weighted by molar-refractivity contribution is 8.04. The molecule has 1 heterocycles. The van der Waals surface area contributed by atoms with Crippen LogP contribution in [0.5, 0.6) is 5.75 Å². The van der Waals surface area contributed by atoms with E-state index in [2.05, 4.69) is 0 Å². The predicted molar refractivity (Wildman–Crippen MR) is 108 cm³/mol. The van der Waals surface area contributed by atoms with Gasteiger partial charge in [0.1, 0.15) is 5.75 Å². The molecule has 0 spiro atoms. The van der Waals surface area contributed by atoms with Crippen molar-refractivity contribution in [3.05, 3.63) is 63.5 Å². The third-order valence-electron chi connectivity index (χ3n) is 4.16. The number of ether oxygens (including phenoxy) is 1. The summed E-state index contributed by atoms with van der Waals surface area (Å²) in [6.45, 7) is 1.69. The SMILES string of the molecule is COc1ccccc1C1=C(SCCO)C(=O)N(c2ccc(Cl)cc2C)C1=O. The molecule has 7 heteroatoms. The van der Waals surface area contributed by atoms with E-state index < -0.39 is 11.8 Å². The van der Waals surface area contributed by atoms with E-state index >= 15 is 0 Å². The first-order valence-electron chi connectivity index (χ1n) is 8.25. The van der Waals surface area contributed by atoms with Gasteiger partial charge in [0.25, 0.3) is 11.8 Å². The number of methoxy groups -OCH3 is 1. The van der Waals surface area contributed by atoms with Crippen LogP contribution in [0.1, 0.15) is 11.1 Å². The van der Waals surface area contributed by atoms with E-state index in [0.29, 0.717) is 32.7 Å². The molecule has 0 atom stereocenters. The number of thioether (sulfide) groups is 1. The maximum Gasteiger partial charge on any atom is 0.272 e. The lowest BCUT2D eigenvalue weighted by molar-refractivity contribution is -0.119. The first-order valence-corrected chi connectivity index (χ1v) is 9.62. The monoisotopic (exact) mass is 403 g/mol. The first kappa shape index (κ1) is 19.5. The molecule has 3 rings (SSSR count). The summed E-state index contributed by atoms with van der Waals surface area (Å²) in [6, 6.07) is 12.1. The van der Waals surface area contributed by atoms with Gasteiger partial charge in [0.15, 0.2) is 0 Å². The zero-order chi connectivity index (χ0) is 19.6. The molecule has 27 heavy (non-hydrogen) atoms. The minimum atomic E-state index is -0.421. The highest BCUT2D eigenvalue weighted by Gasteiger charge is 2.41. The number of imide groups is 1. The van der Waals surface area contributed by atoms with E-state index in [1.54, 1.807) is 49.4 Å². The Morgan fingerprint density at radius 2 is 1.89 bits per heavy atom. The molecule has 1 aliphatic heterocycles. The zero-order valence-corrected chi connectivity index (χ0v) is 16.4. The van der Waals surface area contributed by atoms with Crippen molar-refractivity contribution in [3.8, 4) is 5.75 Å². The van der Waals surface area contributed by atoms with Gasteiger partial charge >= 0.3 is 0 Å². The van der Waals surface area contributed by atoms with E-state index in [0.717, 1.165) is 22.2 Å². The van der Waals surface area contributed by atoms with Gasteiger partial charge < -0.3 is 9.84 Å². The number of halogens is 1. The van der Waals surface area contributed by atoms with Crippen LogP contribution in [0.3, 0.4) is 0 Å². The van der Waals surface area contributed by atoms with Crippen LogP contribution >= 0.6 is 23.4 Å². The Kier molecular flexibility index (Phi) is 5.89. The minimum Gasteiger partial charge on any atom is -0.496 e. The van der Waals surface area contributed by atoms with Gasteiger partial charge in [0.2, 0.25) is 0 Å². The second-order valence-electron chi connectivity index (χ2n) is 5.85. The second-order valence-corrected chi connectivity index (χ2v) is 7.39. The highest BCUT2D eigenvalue weighted by Crippen LogP contribution is 2.41. The van der Waals surface area contributed by atoms with Gasteiger partial charge in [0, 0.05) is 16.3 Å². The third-order valence-corrected chi connectivity index (χ3v) is 5.44. The summed E-state index contributed by atoms with van der Waals surface area (Å²) in [5.41, 5.74) is 2.04. The Balaban J connectivity index is 2.14. The fourth-order valence-corrected chi connectivity index (χ4v) is 4.05. The molecular weight excluding hydrogens is 386 g/mol. The van der Waals surface area contributed by atoms with Crippen LogP contribution in [0, 0.1) is 6.92 Å². The Labute approximate surface area is 166 Å². The quantitative estimate of drug-likeness (QED) is 0.745. The van der Waals surface area contributed by atoms with Crippen LogP contribution in [-0.2, 0) is 9.59 Å². The standard InChI is InChI=1S/C20H18ClNO4S/c1-12-11-13(21)7-8-15(12)22-19(24)17(18(20(22)25)27-10-9-23)14-5-3-4-6-16(14)26-2/h3-8,11,23H,9-10H2,1-2H3. The molecular formula is C20H18ClNO4S. The maximum atomic E-state index is 13.3. The number of rotatable bonds is 6. The molecule has 0 radical (unpaired) electrons. The summed E-state index contributed by atoms with van der Waals surface area (Å²) >= 11 is 7.17. The van der Waals surface area contributed by atoms with Crippen LogP contribution in [0.15, 0.2) is 47.4 Å². The summed E-state index contributed by atoms with van der Waals surface area (Å²) < 4.78 is 5.38. The normalized spacial score (nSPS) is 14.3. The van der Waals surface area contributed by atoms with Gasteiger partial charge in [-0.25, -0.2) is 4.90 Å². The van der Waals surface area contributed by atoms with Crippen molar-refractivity contribution in [2.24, 2.45) is 0 Å². The summed E-state index contributed by atoms with van der Waals surface area (Å²) in [5, 5.41) is 9.73. The Bertz CT molecular complexity index is 941. The Morgan fingerprint density at radius 1 is 1.15 bits per heavy atom. The average Bonchev–Trinajstić information content (AvgIpc) is 2.90. The fraction of sp³-hybridized carbons (Fsp3) is 0.200. The number of amides is 2. The number of anilines is 1. The Hall–Kier alpha value is -2.28. The molecule has 0 bridgehead atoms. The van der Waals surface area contributed by atoms with E-state index in [1.807, 2.05) is 0 Å². The summed E-state index contributed by atoms with van der Waals surface area (Å²) in [7, 11) is 1.52. The number of hydrogen-bond acceptors (Lipinski definition) is 5. The van der Waals surface area contributed by atoms with E-state index in [9.17, 15) is 14.7 Å². The van der Waals surface area contributed by atoms with Crippen molar-refractivity contribution < 1.29 is 19.4 Å². The summed E-state index contributed by atoms with van der Waals surface area (Å²) in [6.07, 6.45) is 0. The highest BCUT2D eigenvalue weighted by atomic mass is 35.5. The van der Waals surface area contributed by atoms with Crippen molar-refractivity contribution in [2.75, 3.05) is 24.4 Å². The molecule has 0 saturated heterocycles. The molecule has 1 N–H and O–H groups in total. The first-order chi connectivity index (χ1) is 13.0. The van der Waals surface area contributed by atoms with Crippen molar-refractivity contribution in [1.29, 1.82) is 0 Å². The molecule has 140 valence electrons. The number of carbonyl (C=O) groups is 2. The molecule has 2 aromatic rings. The van der Waals surface area contributed by atoms with E-state index in [1.165, 1.54) is 7.11 Å². The molecule has 1 aliphatic rings. The number of aliphatic hydroxyl groups excluding tert-OH is 1. The van der Waals surface area contributed by atoms with Gasteiger partial charge in [-0.05, 0) is 36.8 Å². The fourth-order valence-electron chi connectivity index (χ4n) is 2.97. The summed E-state index contributed by atoms with van der Waals surface area (Å²) in [4.78, 5) is 27.9. The van der Waals surface area contributed by atoms with Gasteiger partial charge in [-0.2, -0.15) is 0 Å². The van der Waals surface area contributed by atoms with Crippen LogP contribution < -0.4 is 9.64 Å². The molecule has 0 saturated carbocycles. The number of aliphatic hydroxyl groups is 1. The molecule has 0 fully saturated rings. The number of carbonyl (C=O) groups excluding carboxylic acids is 2. The lowest BCUT2D eigenvalue weighted by Gasteiger charge is -2.18. The van der Waals surface area contributed by atoms with Gasteiger partial charge in [0.05, 0.1) is 29.9 Å². The maximum absolute atomic E-state index is 13.3. The van der Waals surface area contributed by atoms with E-state index in [-0.39, 0.29) is 12.2 Å². The van der Waals surface area contributed by atoms with Gasteiger partial charge in [-0.15, -0.1) is 11.8 Å². The zero-order valence-electron chi connectivity index (χ0n) is 14.9. The van der Waals surface area contributed by atoms with Crippen LogP contribution in [-0.4, -0.2) is 36.4 Å². The second kappa shape index (κ2) is 8.17. The van der Waals surface area contributed by atoms with Crippen molar-refractivity contribution >= 4 is 46.4 Å². The molecule has 0 aliphatic carbocycles. The molecule has 2 aromatic carbocycles. The van der Waals surface area contributed by atoms with Crippen molar-refractivity contribution in [3.63, 3.8) is 0 Å². The number of para-hydroxylation sites is 1. The lowest BCUT2D eigenvalue weighted by atomic mass is 10.0. The van der Waals surface area contributed by atoms with Crippen LogP contribution in [0.25, 0.3) is 5.57 Å².